The molecule has 27 heavy (non-hydrogen) atoms. The van der Waals surface area contributed by atoms with E-state index < -0.39 is 23.9 Å². The molecule has 1 heterocycles. The smallest absolute Gasteiger partial charge is 0.253 e. The Morgan fingerprint density at radius 3 is 2.59 bits per heavy atom. The summed E-state index contributed by atoms with van der Waals surface area (Å²) in [6, 6.07) is 7.20. The fourth-order valence-electron chi connectivity index (χ4n) is 2.99. The summed E-state index contributed by atoms with van der Waals surface area (Å²) >= 11 is 0. The van der Waals surface area contributed by atoms with Crippen LogP contribution in [0.15, 0.2) is 30.3 Å². The van der Waals surface area contributed by atoms with Crippen LogP contribution in [0.25, 0.3) is 0 Å². The number of rotatable bonds is 9. The fraction of sp³-hybridized carbons (Fsp3) is 0.550. The molecule has 1 aliphatic rings. The van der Waals surface area contributed by atoms with E-state index in [4.69, 9.17) is 4.74 Å². The lowest BCUT2D eigenvalue weighted by molar-refractivity contribution is -0.158. The summed E-state index contributed by atoms with van der Waals surface area (Å²) in [4.78, 5) is 39.4. The minimum Gasteiger partial charge on any atom is -0.379 e. The molecule has 0 radical (unpaired) electrons. The first-order valence-electron chi connectivity index (χ1n) is 9.47. The summed E-state index contributed by atoms with van der Waals surface area (Å²) < 4.78 is 5.50. The highest BCUT2D eigenvalue weighted by Gasteiger charge is 2.45. The van der Waals surface area contributed by atoms with Gasteiger partial charge in [-0.05, 0) is 25.8 Å². The summed E-state index contributed by atoms with van der Waals surface area (Å²) in [5, 5.41) is 5.40. The number of carbonyl (C=O) groups excluding carboxylic acids is 3. The second-order valence-corrected chi connectivity index (χ2v) is 6.93. The number of hydrogen-bond donors (Lipinski definition) is 2. The Kier molecular flexibility index (Phi) is 7.79. The van der Waals surface area contributed by atoms with Gasteiger partial charge in [0.2, 0.25) is 5.91 Å². The van der Waals surface area contributed by atoms with E-state index in [0.717, 1.165) is 18.4 Å². The zero-order valence-corrected chi connectivity index (χ0v) is 16.2. The Morgan fingerprint density at radius 2 is 1.96 bits per heavy atom. The molecule has 1 aromatic carbocycles. The molecule has 0 aromatic heterocycles. The van der Waals surface area contributed by atoms with E-state index >= 15 is 0 Å². The minimum atomic E-state index is -1.17. The van der Waals surface area contributed by atoms with Gasteiger partial charge in [-0.3, -0.25) is 14.4 Å². The molecule has 3 amide bonds. The van der Waals surface area contributed by atoms with Crippen LogP contribution in [-0.2, 0) is 25.7 Å². The van der Waals surface area contributed by atoms with Crippen LogP contribution in [-0.4, -0.2) is 54.0 Å². The first kappa shape index (κ1) is 20.9. The summed E-state index contributed by atoms with van der Waals surface area (Å²) in [5.74, 6) is -1.25. The maximum atomic E-state index is 12.8. The van der Waals surface area contributed by atoms with Crippen LogP contribution in [0.2, 0.25) is 0 Å². The standard InChI is InChI=1S/C20H29N3O4/c1-4-5-11-27-13-16-20(26)23(14(2)3)17(19(25)22-16)18(24)21-12-15-9-7-6-8-10-15/h6-10,14,16-17H,4-5,11-13H2,1-3H3,(H,21,24)(H,22,25)/t16-,17?/m0/s1. The molecule has 1 unspecified atom stereocenters. The van der Waals surface area contributed by atoms with Crippen molar-refractivity contribution in [1.29, 1.82) is 0 Å². The van der Waals surface area contributed by atoms with Gasteiger partial charge in [-0.25, -0.2) is 0 Å². The third-order valence-corrected chi connectivity index (χ3v) is 4.44. The van der Waals surface area contributed by atoms with Gasteiger partial charge in [0.25, 0.3) is 11.8 Å². The summed E-state index contributed by atoms with van der Waals surface area (Å²) in [7, 11) is 0. The average molecular weight is 375 g/mol. The molecule has 7 nitrogen and oxygen atoms in total. The van der Waals surface area contributed by atoms with Crippen LogP contribution in [0.3, 0.4) is 0 Å². The summed E-state index contributed by atoms with van der Waals surface area (Å²) in [6.07, 6.45) is 1.89. The van der Waals surface area contributed by atoms with E-state index in [-0.39, 0.29) is 18.6 Å². The lowest BCUT2D eigenvalue weighted by atomic mass is 10.0. The third kappa shape index (κ3) is 5.53. The Labute approximate surface area is 160 Å². The van der Waals surface area contributed by atoms with Crippen LogP contribution in [0.4, 0.5) is 0 Å². The van der Waals surface area contributed by atoms with Crippen LogP contribution in [0.1, 0.15) is 39.2 Å². The number of carbonyl (C=O) groups is 3. The second-order valence-electron chi connectivity index (χ2n) is 6.93. The predicted octanol–water partition coefficient (Wildman–Crippen LogP) is 1.22. The van der Waals surface area contributed by atoms with Crippen molar-refractivity contribution in [1.82, 2.24) is 15.5 Å². The molecule has 2 rings (SSSR count). The molecule has 0 aliphatic carbocycles. The Hall–Kier alpha value is -2.41. The Bertz CT molecular complexity index is 648. The molecule has 0 spiro atoms. The number of hydrogen-bond acceptors (Lipinski definition) is 4. The number of amides is 3. The van der Waals surface area contributed by atoms with Crippen LogP contribution in [0, 0.1) is 0 Å². The Balaban J connectivity index is 2.03. The lowest BCUT2D eigenvalue weighted by Crippen LogP contribution is -2.69. The molecule has 1 fully saturated rings. The number of benzene rings is 1. The molecule has 1 aromatic rings. The molecule has 0 bridgehead atoms. The molecule has 1 aliphatic heterocycles. The number of piperazine rings is 1. The summed E-state index contributed by atoms with van der Waals surface area (Å²) in [6.45, 7) is 6.60. The van der Waals surface area contributed by atoms with Gasteiger partial charge in [0.1, 0.15) is 6.04 Å². The van der Waals surface area contributed by atoms with E-state index in [1.165, 1.54) is 4.90 Å². The van der Waals surface area contributed by atoms with Gasteiger partial charge < -0.3 is 20.3 Å². The Morgan fingerprint density at radius 1 is 1.26 bits per heavy atom. The molecule has 7 heteroatoms. The van der Waals surface area contributed by atoms with Crippen molar-refractivity contribution in [2.24, 2.45) is 0 Å². The molecule has 0 saturated carbocycles. The molecular weight excluding hydrogens is 346 g/mol. The van der Waals surface area contributed by atoms with Crippen molar-refractivity contribution in [3.05, 3.63) is 35.9 Å². The topological polar surface area (TPSA) is 87.7 Å². The lowest BCUT2D eigenvalue weighted by Gasteiger charge is -2.40. The van der Waals surface area contributed by atoms with Crippen molar-refractivity contribution < 1.29 is 19.1 Å². The van der Waals surface area contributed by atoms with Crippen molar-refractivity contribution in [3.63, 3.8) is 0 Å². The molecule has 2 atom stereocenters. The van der Waals surface area contributed by atoms with Gasteiger partial charge in [0.05, 0.1) is 6.61 Å². The normalized spacial score (nSPS) is 19.9. The number of nitrogens with zero attached hydrogens (tertiary/aromatic N) is 1. The van der Waals surface area contributed by atoms with Gasteiger partial charge in [-0.15, -0.1) is 0 Å². The quantitative estimate of drug-likeness (QED) is 0.502. The van der Waals surface area contributed by atoms with Gasteiger partial charge in [-0.2, -0.15) is 0 Å². The van der Waals surface area contributed by atoms with Crippen molar-refractivity contribution in [2.45, 2.75) is 58.3 Å². The SMILES string of the molecule is CCCCOC[C@@H]1NC(=O)C(C(=O)NCc2ccccc2)N(C(C)C)C1=O. The number of nitrogens with one attached hydrogen (secondary N) is 2. The maximum absolute atomic E-state index is 12.8. The predicted molar refractivity (Wildman–Crippen MR) is 102 cm³/mol. The van der Waals surface area contributed by atoms with Gasteiger partial charge in [-0.1, -0.05) is 43.7 Å². The number of ether oxygens (including phenoxy) is 1. The van der Waals surface area contributed by atoms with E-state index in [0.29, 0.717) is 13.2 Å². The van der Waals surface area contributed by atoms with E-state index in [1.54, 1.807) is 13.8 Å². The van der Waals surface area contributed by atoms with Crippen LogP contribution < -0.4 is 10.6 Å². The first-order valence-corrected chi connectivity index (χ1v) is 9.47. The minimum absolute atomic E-state index is 0.117. The van der Waals surface area contributed by atoms with Gasteiger partial charge in [0, 0.05) is 19.2 Å². The van der Waals surface area contributed by atoms with E-state index in [1.807, 2.05) is 30.3 Å². The van der Waals surface area contributed by atoms with Gasteiger partial charge in [0.15, 0.2) is 6.04 Å². The highest BCUT2D eigenvalue weighted by atomic mass is 16.5. The second kappa shape index (κ2) is 10.1. The van der Waals surface area contributed by atoms with Crippen molar-refractivity contribution in [2.75, 3.05) is 13.2 Å². The maximum Gasteiger partial charge on any atom is 0.253 e. The molecule has 1 saturated heterocycles. The number of unbranched alkanes of at least 4 members (excludes halogenated alkanes) is 1. The van der Waals surface area contributed by atoms with Gasteiger partial charge >= 0.3 is 0 Å². The zero-order valence-electron chi connectivity index (χ0n) is 16.2. The highest BCUT2D eigenvalue weighted by molar-refractivity contribution is 6.10. The van der Waals surface area contributed by atoms with Crippen molar-refractivity contribution in [3.8, 4) is 0 Å². The zero-order chi connectivity index (χ0) is 19.8. The molecular formula is C20H29N3O4. The fourth-order valence-corrected chi connectivity index (χ4v) is 2.99. The molecule has 148 valence electrons. The van der Waals surface area contributed by atoms with Crippen LogP contribution >= 0.6 is 0 Å². The highest BCUT2D eigenvalue weighted by Crippen LogP contribution is 2.15. The first-order chi connectivity index (χ1) is 13.0. The largest absolute Gasteiger partial charge is 0.379 e. The average Bonchev–Trinajstić information content (AvgIpc) is 2.65. The monoisotopic (exact) mass is 375 g/mol. The van der Waals surface area contributed by atoms with Crippen molar-refractivity contribution >= 4 is 17.7 Å². The summed E-state index contributed by atoms with van der Waals surface area (Å²) in [5.41, 5.74) is 0.923. The van der Waals surface area contributed by atoms with E-state index in [2.05, 4.69) is 17.6 Å². The van der Waals surface area contributed by atoms with Crippen LogP contribution in [0.5, 0.6) is 0 Å². The third-order valence-electron chi connectivity index (χ3n) is 4.44. The van der Waals surface area contributed by atoms with E-state index in [9.17, 15) is 14.4 Å². The molecule has 2 N–H and O–H groups in total.